The average molecular weight is 186 g/mol. The third-order valence-corrected chi connectivity index (χ3v) is 2.41. The normalized spacial score (nSPS) is 25.9. The monoisotopic (exact) mass is 186 g/mol. The van der Waals surface area contributed by atoms with Gasteiger partial charge >= 0.3 is 0 Å². The van der Waals surface area contributed by atoms with Crippen LogP contribution < -0.4 is 11.1 Å². The fraction of sp³-hybridized carbons (Fsp3) is 0.889. The summed E-state index contributed by atoms with van der Waals surface area (Å²) in [7, 11) is 0. The molecule has 1 heterocycles. The molecule has 13 heavy (non-hydrogen) atoms. The first-order chi connectivity index (χ1) is 6.06. The standard InChI is InChI=1S/C9H18N2O2/c1-9(2)6-13-5-7(9)11-8(12)3-4-10/h7H,3-6,10H2,1-2H3,(H,11,12). The van der Waals surface area contributed by atoms with Gasteiger partial charge in [0.1, 0.15) is 0 Å². The van der Waals surface area contributed by atoms with E-state index in [1.165, 1.54) is 0 Å². The van der Waals surface area contributed by atoms with Crippen molar-refractivity contribution < 1.29 is 9.53 Å². The van der Waals surface area contributed by atoms with Crippen LogP contribution in [0.2, 0.25) is 0 Å². The number of carbonyl (C=O) groups excluding carboxylic acids is 1. The number of rotatable bonds is 3. The van der Waals surface area contributed by atoms with Crippen LogP contribution in [0.1, 0.15) is 20.3 Å². The van der Waals surface area contributed by atoms with Gasteiger partial charge in [0, 0.05) is 18.4 Å². The van der Waals surface area contributed by atoms with Crippen LogP contribution in [0.4, 0.5) is 0 Å². The van der Waals surface area contributed by atoms with Gasteiger partial charge in [-0.3, -0.25) is 4.79 Å². The van der Waals surface area contributed by atoms with Gasteiger partial charge in [0.15, 0.2) is 0 Å². The summed E-state index contributed by atoms with van der Waals surface area (Å²) in [5, 5.41) is 2.93. The van der Waals surface area contributed by atoms with Gasteiger partial charge in [-0.2, -0.15) is 0 Å². The van der Waals surface area contributed by atoms with E-state index in [1.54, 1.807) is 0 Å². The number of nitrogens with two attached hydrogens (primary N) is 1. The lowest BCUT2D eigenvalue weighted by atomic mass is 9.88. The highest BCUT2D eigenvalue weighted by atomic mass is 16.5. The topological polar surface area (TPSA) is 64.3 Å². The first-order valence-electron chi connectivity index (χ1n) is 4.63. The van der Waals surface area contributed by atoms with Crippen molar-refractivity contribution in [1.29, 1.82) is 0 Å². The molecule has 4 nitrogen and oxygen atoms in total. The molecule has 0 aromatic carbocycles. The summed E-state index contributed by atoms with van der Waals surface area (Å²) in [6.45, 7) is 5.91. The molecule has 0 aromatic heterocycles. The van der Waals surface area contributed by atoms with Crippen molar-refractivity contribution in [1.82, 2.24) is 5.32 Å². The van der Waals surface area contributed by atoms with E-state index in [-0.39, 0.29) is 17.4 Å². The van der Waals surface area contributed by atoms with Gasteiger partial charge in [-0.05, 0) is 0 Å². The fourth-order valence-electron chi connectivity index (χ4n) is 1.40. The van der Waals surface area contributed by atoms with E-state index in [4.69, 9.17) is 10.5 Å². The molecule has 1 fully saturated rings. The van der Waals surface area contributed by atoms with E-state index < -0.39 is 0 Å². The molecule has 1 atom stereocenters. The molecule has 1 amide bonds. The zero-order valence-corrected chi connectivity index (χ0v) is 8.30. The number of ether oxygens (including phenoxy) is 1. The highest BCUT2D eigenvalue weighted by Gasteiger charge is 2.36. The Morgan fingerprint density at radius 3 is 2.85 bits per heavy atom. The molecule has 1 saturated heterocycles. The second-order valence-electron chi connectivity index (χ2n) is 4.16. The van der Waals surface area contributed by atoms with Gasteiger partial charge in [0.25, 0.3) is 0 Å². The molecular weight excluding hydrogens is 168 g/mol. The predicted molar refractivity (Wildman–Crippen MR) is 50.2 cm³/mol. The maximum atomic E-state index is 11.2. The Labute approximate surface area is 78.8 Å². The van der Waals surface area contributed by atoms with Gasteiger partial charge in [-0.15, -0.1) is 0 Å². The van der Waals surface area contributed by atoms with Gasteiger partial charge in [0.05, 0.1) is 19.3 Å². The summed E-state index contributed by atoms with van der Waals surface area (Å²) in [5.41, 5.74) is 5.33. The van der Waals surface area contributed by atoms with Crippen molar-refractivity contribution in [2.24, 2.45) is 11.1 Å². The zero-order valence-electron chi connectivity index (χ0n) is 8.30. The number of carbonyl (C=O) groups is 1. The molecule has 4 heteroatoms. The molecular formula is C9H18N2O2. The van der Waals surface area contributed by atoms with Crippen LogP contribution in [0.5, 0.6) is 0 Å². The number of hydrogen-bond acceptors (Lipinski definition) is 3. The minimum atomic E-state index is 0.0195. The van der Waals surface area contributed by atoms with E-state index in [0.29, 0.717) is 26.2 Å². The van der Waals surface area contributed by atoms with Gasteiger partial charge in [-0.1, -0.05) is 13.8 Å². The van der Waals surface area contributed by atoms with E-state index in [0.717, 1.165) is 0 Å². The Kier molecular flexibility index (Phi) is 3.27. The van der Waals surface area contributed by atoms with Crippen LogP contribution in [0.15, 0.2) is 0 Å². The first kappa shape index (κ1) is 10.5. The molecule has 1 aliphatic heterocycles. The summed E-state index contributed by atoms with van der Waals surface area (Å²) >= 11 is 0. The Bertz CT molecular complexity index is 192. The average Bonchev–Trinajstić information content (AvgIpc) is 2.31. The van der Waals surface area contributed by atoms with Crippen LogP contribution in [0, 0.1) is 5.41 Å². The first-order valence-corrected chi connectivity index (χ1v) is 4.63. The lowest BCUT2D eigenvalue weighted by Crippen LogP contribution is -2.44. The van der Waals surface area contributed by atoms with Crippen molar-refractivity contribution in [3.63, 3.8) is 0 Å². The Balaban J connectivity index is 2.40. The number of amides is 1. The molecule has 76 valence electrons. The highest BCUT2D eigenvalue weighted by Crippen LogP contribution is 2.27. The lowest BCUT2D eigenvalue weighted by Gasteiger charge is -2.25. The smallest absolute Gasteiger partial charge is 0.221 e. The Morgan fingerprint density at radius 2 is 2.38 bits per heavy atom. The zero-order chi connectivity index (χ0) is 9.90. The summed E-state index contributed by atoms with van der Waals surface area (Å²) in [4.78, 5) is 11.2. The predicted octanol–water partition coefficient (Wildman–Crippen LogP) is -0.124. The molecule has 0 aromatic rings. The maximum Gasteiger partial charge on any atom is 0.221 e. The number of hydrogen-bond donors (Lipinski definition) is 2. The largest absolute Gasteiger partial charge is 0.379 e. The molecule has 0 radical (unpaired) electrons. The van der Waals surface area contributed by atoms with Crippen LogP contribution in [-0.4, -0.2) is 31.7 Å². The molecule has 1 rings (SSSR count). The highest BCUT2D eigenvalue weighted by molar-refractivity contribution is 5.76. The molecule has 0 spiro atoms. The van der Waals surface area contributed by atoms with Gasteiger partial charge < -0.3 is 15.8 Å². The van der Waals surface area contributed by atoms with Crippen molar-refractivity contribution in [3.05, 3.63) is 0 Å². The summed E-state index contributed by atoms with van der Waals surface area (Å²) in [6.07, 6.45) is 0.395. The molecule has 0 bridgehead atoms. The quantitative estimate of drug-likeness (QED) is 0.645. The number of nitrogens with one attached hydrogen (secondary N) is 1. The van der Waals surface area contributed by atoms with E-state index in [1.807, 2.05) is 0 Å². The van der Waals surface area contributed by atoms with E-state index in [9.17, 15) is 4.79 Å². The molecule has 0 aliphatic carbocycles. The summed E-state index contributed by atoms with van der Waals surface area (Å²) in [6, 6.07) is 0.131. The van der Waals surface area contributed by atoms with Crippen molar-refractivity contribution >= 4 is 5.91 Å². The SMILES string of the molecule is CC1(C)COCC1NC(=O)CCN. The molecule has 1 aliphatic rings. The van der Waals surface area contributed by atoms with Crippen LogP contribution in [0.3, 0.4) is 0 Å². The van der Waals surface area contributed by atoms with Gasteiger partial charge in [-0.25, -0.2) is 0 Å². The van der Waals surface area contributed by atoms with Gasteiger partial charge in [0.2, 0.25) is 5.91 Å². The van der Waals surface area contributed by atoms with E-state index in [2.05, 4.69) is 19.2 Å². The van der Waals surface area contributed by atoms with Crippen LogP contribution in [0.25, 0.3) is 0 Å². The van der Waals surface area contributed by atoms with E-state index >= 15 is 0 Å². The van der Waals surface area contributed by atoms with Crippen molar-refractivity contribution in [3.8, 4) is 0 Å². The third-order valence-electron chi connectivity index (χ3n) is 2.41. The fourth-order valence-corrected chi connectivity index (χ4v) is 1.40. The third kappa shape index (κ3) is 2.67. The van der Waals surface area contributed by atoms with Crippen LogP contribution in [-0.2, 0) is 9.53 Å². The molecule has 0 saturated carbocycles. The molecule has 1 unspecified atom stereocenters. The maximum absolute atomic E-state index is 11.2. The summed E-state index contributed by atoms with van der Waals surface area (Å²) in [5.74, 6) is 0.0195. The van der Waals surface area contributed by atoms with Crippen LogP contribution >= 0.6 is 0 Å². The molecule has 3 N–H and O–H groups in total. The Hall–Kier alpha value is -0.610. The minimum absolute atomic E-state index is 0.0195. The summed E-state index contributed by atoms with van der Waals surface area (Å²) < 4.78 is 5.31. The Morgan fingerprint density at radius 1 is 1.69 bits per heavy atom. The van der Waals surface area contributed by atoms with Crippen molar-refractivity contribution in [2.75, 3.05) is 19.8 Å². The minimum Gasteiger partial charge on any atom is -0.379 e. The second kappa shape index (κ2) is 4.07. The van der Waals surface area contributed by atoms with Crippen molar-refractivity contribution in [2.45, 2.75) is 26.3 Å². The lowest BCUT2D eigenvalue weighted by molar-refractivity contribution is -0.122. The second-order valence-corrected chi connectivity index (χ2v) is 4.16.